The molecule has 1 fully saturated rings. The first kappa shape index (κ1) is 27.3. The van der Waals surface area contributed by atoms with Crippen LogP contribution in [0.25, 0.3) is 5.76 Å². The Morgan fingerprint density at radius 2 is 1.72 bits per heavy atom. The van der Waals surface area contributed by atoms with Crippen LogP contribution in [0.2, 0.25) is 0 Å². The smallest absolute Gasteiger partial charge is 0.295 e. The summed E-state index contributed by atoms with van der Waals surface area (Å²) >= 11 is 0. The Hall–Kier alpha value is -3.32. The molecular weight excluding hydrogens is 454 g/mol. The van der Waals surface area contributed by atoms with Gasteiger partial charge in [-0.2, -0.15) is 0 Å². The van der Waals surface area contributed by atoms with Crippen LogP contribution in [-0.4, -0.2) is 73.5 Å². The average Bonchev–Trinajstić information content (AvgIpc) is 3.14. The number of nitrogens with zero attached hydrogens (tertiary/aromatic N) is 3. The molecule has 0 saturated carbocycles. The number of ketones is 1. The molecule has 1 amide bonds. The maximum Gasteiger partial charge on any atom is 0.295 e. The van der Waals surface area contributed by atoms with Crippen LogP contribution in [0.3, 0.4) is 0 Å². The number of Topliss-reactive ketones (excluding diaryl/α,β-unsaturated/α-hetero) is 1. The lowest BCUT2D eigenvalue weighted by Crippen LogP contribution is -2.38. The highest BCUT2D eigenvalue weighted by Crippen LogP contribution is 2.40. The second kappa shape index (κ2) is 12.6. The number of hydrogen-bond acceptors (Lipinski definition) is 6. The number of carbonyl (C=O) groups excluding carboxylic acids is 2. The summed E-state index contributed by atoms with van der Waals surface area (Å²) in [5.41, 5.74) is 2.37. The molecule has 2 aromatic carbocycles. The summed E-state index contributed by atoms with van der Waals surface area (Å²) in [7, 11) is 3.92. The lowest BCUT2D eigenvalue weighted by atomic mass is 9.95. The molecule has 7 heteroatoms. The van der Waals surface area contributed by atoms with Gasteiger partial charge in [-0.25, -0.2) is 0 Å². The first-order valence-corrected chi connectivity index (χ1v) is 12.8. The van der Waals surface area contributed by atoms with Gasteiger partial charge in [-0.1, -0.05) is 51.5 Å². The number of amides is 1. The minimum absolute atomic E-state index is 0.114. The van der Waals surface area contributed by atoms with Crippen LogP contribution in [0.1, 0.15) is 50.8 Å². The topological polar surface area (TPSA) is 73.3 Å². The number of benzene rings is 2. The van der Waals surface area contributed by atoms with Gasteiger partial charge in [-0.15, -0.1) is 0 Å². The molecular formula is C29H39N3O4. The fourth-order valence-corrected chi connectivity index (χ4v) is 4.42. The third kappa shape index (κ3) is 6.08. The number of ether oxygens (including phenoxy) is 1. The maximum absolute atomic E-state index is 13.3. The van der Waals surface area contributed by atoms with Crippen LogP contribution in [-0.2, 0) is 9.59 Å². The van der Waals surface area contributed by atoms with Crippen molar-refractivity contribution < 1.29 is 19.4 Å². The Labute approximate surface area is 215 Å². The van der Waals surface area contributed by atoms with Gasteiger partial charge in [0.25, 0.3) is 11.7 Å². The summed E-state index contributed by atoms with van der Waals surface area (Å²) < 4.78 is 5.80. The first-order valence-electron chi connectivity index (χ1n) is 12.8. The van der Waals surface area contributed by atoms with Gasteiger partial charge in [-0.3, -0.25) is 9.59 Å². The summed E-state index contributed by atoms with van der Waals surface area (Å²) in [4.78, 5) is 32.3. The van der Waals surface area contributed by atoms with E-state index in [1.807, 2.05) is 49.3 Å². The monoisotopic (exact) mass is 493 g/mol. The van der Waals surface area contributed by atoms with Crippen LogP contribution < -0.4 is 9.64 Å². The fraction of sp³-hybridized carbons (Fsp3) is 0.448. The Bertz CT molecular complexity index is 1070. The van der Waals surface area contributed by atoms with Crippen LogP contribution in [0.4, 0.5) is 5.69 Å². The number of anilines is 1. The fourth-order valence-electron chi connectivity index (χ4n) is 4.42. The van der Waals surface area contributed by atoms with Gasteiger partial charge in [0.2, 0.25) is 0 Å². The number of unbranched alkanes of at least 4 members (excludes halogenated alkanes) is 1. The summed E-state index contributed by atoms with van der Waals surface area (Å²) in [5.74, 6) is -0.803. The molecule has 1 heterocycles. The SMILES string of the molecule is CCCCOc1cccc(C(O)=C2C(=O)C(=O)N(CCN(CC)CC)C2c2ccc(N(C)C)cc2)c1. The summed E-state index contributed by atoms with van der Waals surface area (Å²) in [6, 6.07) is 14.2. The Kier molecular flexibility index (Phi) is 9.53. The largest absolute Gasteiger partial charge is 0.507 e. The van der Waals surface area contributed by atoms with E-state index in [-0.39, 0.29) is 11.3 Å². The summed E-state index contributed by atoms with van der Waals surface area (Å²) in [6.45, 7) is 9.57. The highest BCUT2D eigenvalue weighted by molar-refractivity contribution is 6.46. The van der Waals surface area contributed by atoms with E-state index >= 15 is 0 Å². The minimum Gasteiger partial charge on any atom is -0.507 e. The van der Waals surface area contributed by atoms with Crippen molar-refractivity contribution in [1.29, 1.82) is 0 Å². The molecule has 36 heavy (non-hydrogen) atoms. The average molecular weight is 494 g/mol. The first-order chi connectivity index (χ1) is 17.3. The predicted molar refractivity (Wildman–Crippen MR) is 144 cm³/mol. The highest BCUT2D eigenvalue weighted by atomic mass is 16.5. The van der Waals surface area contributed by atoms with E-state index in [1.165, 1.54) is 0 Å². The van der Waals surface area contributed by atoms with Gasteiger partial charge in [-0.05, 0) is 49.3 Å². The van der Waals surface area contributed by atoms with Crippen molar-refractivity contribution in [3.63, 3.8) is 0 Å². The molecule has 0 spiro atoms. The quantitative estimate of drug-likeness (QED) is 0.200. The molecule has 0 radical (unpaired) electrons. The molecule has 0 aliphatic carbocycles. The minimum atomic E-state index is -0.665. The lowest BCUT2D eigenvalue weighted by Gasteiger charge is -2.28. The van der Waals surface area contributed by atoms with Gasteiger partial charge in [0.15, 0.2) is 0 Å². The standard InChI is InChI=1S/C29H39N3O4/c1-6-9-19-36-24-12-10-11-22(20-24)27(33)25-26(21-13-15-23(16-14-21)30(4)5)32(29(35)28(25)34)18-17-31(7-2)8-3/h10-16,20,26,33H,6-9,17-19H2,1-5H3. The van der Waals surface area contributed by atoms with E-state index < -0.39 is 17.7 Å². The molecule has 0 bridgehead atoms. The van der Waals surface area contributed by atoms with Gasteiger partial charge in [0, 0.05) is 38.4 Å². The Balaban J connectivity index is 2.05. The number of likely N-dealkylation sites (N-methyl/N-ethyl adjacent to an activating group) is 1. The van der Waals surface area contributed by atoms with E-state index in [2.05, 4.69) is 25.7 Å². The van der Waals surface area contributed by atoms with E-state index in [1.54, 1.807) is 23.1 Å². The number of aliphatic hydroxyl groups is 1. The van der Waals surface area contributed by atoms with Crippen LogP contribution in [0.15, 0.2) is 54.1 Å². The third-order valence-electron chi connectivity index (χ3n) is 6.69. The number of likely N-dealkylation sites (tertiary alicyclic amines) is 1. The number of aliphatic hydroxyl groups excluding tert-OH is 1. The van der Waals surface area contributed by atoms with Crippen LogP contribution in [0, 0.1) is 0 Å². The van der Waals surface area contributed by atoms with Gasteiger partial charge in [0.05, 0.1) is 18.2 Å². The van der Waals surface area contributed by atoms with Gasteiger partial charge in [0.1, 0.15) is 11.5 Å². The van der Waals surface area contributed by atoms with E-state index in [9.17, 15) is 14.7 Å². The van der Waals surface area contributed by atoms with Crippen molar-refractivity contribution in [2.24, 2.45) is 0 Å². The van der Waals surface area contributed by atoms with E-state index in [0.717, 1.165) is 37.2 Å². The van der Waals surface area contributed by atoms with Crippen molar-refractivity contribution in [3.05, 3.63) is 65.2 Å². The molecule has 0 aromatic heterocycles. The second-order valence-electron chi connectivity index (χ2n) is 9.24. The number of carbonyl (C=O) groups is 2. The second-order valence-corrected chi connectivity index (χ2v) is 9.24. The molecule has 1 N–H and O–H groups in total. The zero-order valence-electron chi connectivity index (χ0n) is 22.2. The maximum atomic E-state index is 13.3. The van der Waals surface area contributed by atoms with Gasteiger partial charge >= 0.3 is 0 Å². The molecule has 3 rings (SSSR count). The molecule has 194 valence electrons. The predicted octanol–water partition coefficient (Wildman–Crippen LogP) is 4.70. The van der Waals surface area contributed by atoms with Gasteiger partial charge < -0.3 is 24.5 Å². The number of rotatable bonds is 12. The van der Waals surface area contributed by atoms with Crippen LogP contribution in [0.5, 0.6) is 5.75 Å². The van der Waals surface area contributed by atoms with E-state index in [0.29, 0.717) is 31.0 Å². The summed E-state index contributed by atoms with van der Waals surface area (Å²) in [6.07, 6.45) is 1.94. The molecule has 1 saturated heterocycles. The van der Waals surface area contributed by atoms with Crippen molar-refractivity contribution >= 4 is 23.1 Å². The molecule has 1 atom stereocenters. The van der Waals surface area contributed by atoms with Crippen molar-refractivity contribution in [3.8, 4) is 5.75 Å². The Morgan fingerprint density at radius 3 is 2.33 bits per heavy atom. The van der Waals surface area contributed by atoms with E-state index in [4.69, 9.17) is 4.74 Å². The lowest BCUT2D eigenvalue weighted by molar-refractivity contribution is -0.140. The Morgan fingerprint density at radius 1 is 1.03 bits per heavy atom. The number of hydrogen-bond donors (Lipinski definition) is 1. The van der Waals surface area contributed by atoms with Crippen molar-refractivity contribution in [2.45, 2.75) is 39.7 Å². The molecule has 1 aliphatic heterocycles. The van der Waals surface area contributed by atoms with Crippen molar-refractivity contribution in [2.75, 3.05) is 51.8 Å². The zero-order chi connectivity index (χ0) is 26.2. The highest BCUT2D eigenvalue weighted by Gasteiger charge is 2.46. The normalized spacial score (nSPS) is 17.2. The van der Waals surface area contributed by atoms with Crippen molar-refractivity contribution in [1.82, 2.24) is 9.80 Å². The zero-order valence-corrected chi connectivity index (χ0v) is 22.2. The molecule has 1 unspecified atom stereocenters. The van der Waals surface area contributed by atoms with Crippen LogP contribution >= 0.6 is 0 Å². The summed E-state index contributed by atoms with van der Waals surface area (Å²) in [5, 5.41) is 11.4. The third-order valence-corrected chi connectivity index (χ3v) is 6.69. The molecule has 1 aliphatic rings. The molecule has 2 aromatic rings. The molecule has 7 nitrogen and oxygen atoms in total.